The van der Waals surface area contributed by atoms with Gasteiger partial charge in [-0.3, -0.25) is 19.9 Å². The number of aromatic nitrogens is 4. The maximum absolute atomic E-state index is 5.53. The number of nitrogens with zero attached hydrogens (tertiary/aromatic N) is 4. The zero-order valence-corrected chi connectivity index (χ0v) is 69.3. The highest BCUT2D eigenvalue weighted by Crippen LogP contribution is 2.35. The molecule has 0 radical (unpaired) electrons. The first-order chi connectivity index (χ1) is 50.6. The first-order valence-electron chi connectivity index (χ1n) is 38.4. The average Bonchev–Trinajstić information content (AvgIpc) is 1.82. The Hall–Kier alpha value is -9.92. The van der Waals surface area contributed by atoms with Crippen LogP contribution < -0.4 is 9.47 Å². The largest absolute Gasteiger partial charge is 0.493 e. The quantitative estimate of drug-likeness (QED) is 0.148. The Balaban J connectivity index is 0.000000142. The van der Waals surface area contributed by atoms with Gasteiger partial charge in [0.15, 0.2) is 0 Å². The molecule has 8 heterocycles. The molecule has 0 fully saturated rings. The Kier molecular flexibility index (Phi) is 25.9. The van der Waals surface area contributed by atoms with E-state index >= 15 is 0 Å². The Labute approximate surface area is 646 Å². The molecule has 0 N–H and O–H groups in total. The molecular weight excluding hydrogens is 1320 g/mol. The average molecular weight is 1440 g/mol. The van der Waals surface area contributed by atoms with Gasteiger partial charge < -0.3 is 18.3 Å². The Morgan fingerprint density at radius 2 is 0.648 bits per heavy atom. The molecule has 0 amide bonds. The van der Waals surface area contributed by atoms with E-state index in [9.17, 15) is 0 Å². The molecule has 0 atom stereocenters. The van der Waals surface area contributed by atoms with Gasteiger partial charge in [0.05, 0.1) is 36.8 Å². The monoisotopic (exact) mass is 1440 g/mol. The second-order valence-corrected chi connectivity index (χ2v) is 36.9. The number of rotatable bonds is 0. The smallest absolute Gasteiger partial charge is 0.134 e. The summed E-state index contributed by atoms with van der Waals surface area (Å²) in [6.07, 6.45) is 16.8. The minimum Gasteiger partial charge on any atom is -0.493 e. The third-order valence-corrected chi connectivity index (χ3v) is 19.7. The molecule has 8 aromatic carbocycles. The first kappa shape index (κ1) is 82.1. The van der Waals surface area contributed by atoms with Gasteiger partial charge in [0.25, 0.3) is 0 Å². The highest BCUT2D eigenvalue weighted by molar-refractivity contribution is 5.84. The van der Waals surface area contributed by atoms with E-state index in [1.54, 1.807) is 12.5 Å². The summed E-state index contributed by atoms with van der Waals surface area (Å²) in [5, 5.41) is 9.75. The van der Waals surface area contributed by atoms with E-state index in [2.05, 4.69) is 344 Å². The van der Waals surface area contributed by atoms with Gasteiger partial charge in [-0.2, -0.15) is 0 Å². The molecule has 14 aromatic rings. The van der Waals surface area contributed by atoms with Crippen molar-refractivity contribution in [2.75, 3.05) is 13.2 Å². The Morgan fingerprint density at radius 3 is 1.24 bits per heavy atom. The topological polar surface area (TPSA) is 96.3 Å². The lowest BCUT2D eigenvalue weighted by Gasteiger charge is -2.19. The maximum Gasteiger partial charge on any atom is 0.134 e. The predicted octanol–water partition coefficient (Wildman–Crippen LogP) is 27.4. The van der Waals surface area contributed by atoms with E-state index in [1.165, 1.54) is 98.7 Å². The van der Waals surface area contributed by atoms with Crippen molar-refractivity contribution in [3.8, 4) is 11.5 Å². The van der Waals surface area contributed by atoms with Gasteiger partial charge in [-0.25, -0.2) is 0 Å². The van der Waals surface area contributed by atoms with Gasteiger partial charge in [0.2, 0.25) is 0 Å². The van der Waals surface area contributed by atoms with E-state index in [-0.39, 0.29) is 43.3 Å². The summed E-state index contributed by atoms with van der Waals surface area (Å²) in [5.74, 6) is 2.17. The third kappa shape index (κ3) is 23.1. The van der Waals surface area contributed by atoms with Crippen LogP contribution in [0.3, 0.4) is 0 Å². The summed E-state index contributed by atoms with van der Waals surface area (Å²) in [5.41, 5.74) is 19.4. The number of hydrogen-bond donors (Lipinski definition) is 0. The van der Waals surface area contributed by atoms with E-state index in [4.69, 9.17) is 18.3 Å². The Bertz CT molecular complexity index is 4760. The van der Waals surface area contributed by atoms with Gasteiger partial charge in [-0.05, 0) is 201 Å². The maximum atomic E-state index is 5.53. The molecule has 0 aliphatic carbocycles. The van der Waals surface area contributed by atoms with Crippen LogP contribution >= 0.6 is 0 Å². The van der Waals surface area contributed by atoms with Crippen LogP contribution in [0.1, 0.15) is 222 Å². The number of pyridine rings is 4. The van der Waals surface area contributed by atoms with E-state index in [1.807, 2.05) is 73.6 Å². The lowest BCUT2D eigenvalue weighted by molar-refractivity contribution is 0.356. The van der Waals surface area contributed by atoms with Crippen molar-refractivity contribution >= 4 is 65.3 Å². The van der Waals surface area contributed by atoms with Gasteiger partial charge in [0.1, 0.15) is 22.7 Å². The lowest BCUT2D eigenvalue weighted by Crippen LogP contribution is -2.10. The van der Waals surface area contributed by atoms with Crippen molar-refractivity contribution in [1.82, 2.24) is 19.9 Å². The van der Waals surface area contributed by atoms with Crippen LogP contribution in [0.5, 0.6) is 11.5 Å². The summed E-state index contributed by atoms with van der Waals surface area (Å²) < 4.78 is 21.6. The minimum atomic E-state index is 0.195. The van der Waals surface area contributed by atoms with Crippen LogP contribution in [0.25, 0.3) is 65.3 Å². The zero-order chi connectivity index (χ0) is 78.6. The highest BCUT2D eigenvalue weighted by Gasteiger charge is 2.22. The van der Waals surface area contributed by atoms with Crippen LogP contribution in [0.2, 0.25) is 0 Å². The van der Waals surface area contributed by atoms with E-state index in [0.29, 0.717) is 0 Å². The van der Waals surface area contributed by atoms with Crippen molar-refractivity contribution in [3.05, 3.63) is 299 Å². The number of ether oxygens (including phenoxy) is 2. The lowest BCUT2D eigenvalue weighted by atomic mass is 9.86. The second-order valence-electron chi connectivity index (χ2n) is 36.9. The van der Waals surface area contributed by atoms with Gasteiger partial charge in [-0.1, -0.05) is 269 Å². The molecule has 0 spiro atoms. The molecule has 16 rings (SSSR count). The predicted molar refractivity (Wildman–Crippen MR) is 460 cm³/mol. The number of benzene rings is 8. The summed E-state index contributed by atoms with van der Waals surface area (Å²) in [4.78, 5) is 16.9. The van der Waals surface area contributed by atoms with E-state index < -0.39 is 0 Å². The fraction of sp³-hybridized carbons (Fsp3) is 0.360. The molecular formula is C100H120N4O4. The summed E-state index contributed by atoms with van der Waals surface area (Å²) in [6, 6.07) is 68.3. The molecule has 0 saturated carbocycles. The fourth-order valence-corrected chi connectivity index (χ4v) is 12.3. The van der Waals surface area contributed by atoms with Crippen molar-refractivity contribution < 1.29 is 18.3 Å². The van der Waals surface area contributed by atoms with Crippen LogP contribution in [-0.4, -0.2) is 33.1 Å². The molecule has 108 heavy (non-hydrogen) atoms. The molecule has 2 aliphatic rings. The number of hydrogen-bond acceptors (Lipinski definition) is 8. The molecule has 0 saturated heterocycles. The standard InChI is InChI=1S/4C13H15N.C12H16O.C12H14O.C12H16O.C12H14O/c1-13(2,3)12-5-4-11-9-14-7-6-10(11)8-12;1-13(2,3)12-5-4-10-6-7-14-9-11(10)8-12;1-13(2,3)11-6-7-12-10(9-11)5-4-8-14-12;1-13(2,3)11-7-6-10-5-4-8-14-12(10)9-11;2*1-12(2,3)10-4-5-11-9(8-10)6-7-13-11;2*1-12(2,3)10-5-4-9-6-7-13-11(9)8-10/h4*4-9H,1-3H3;4-5,8H,6-7H2,1-3H3;4-8H,1-3H3;4-5,8H,6-7H2,1-3H3;4-8H,1-3H3. The van der Waals surface area contributed by atoms with Gasteiger partial charge in [-0.15, -0.1) is 0 Å². The number of furan rings is 2. The van der Waals surface area contributed by atoms with Crippen molar-refractivity contribution in [2.45, 2.75) is 222 Å². The SMILES string of the molecule is CC(C)(C)c1ccc2c(c1)CCO2.CC(C)(C)c1ccc2c(c1)OCC2.CC(C)(C)c1ccc2cccnc2c1.CC(C)(C)c1ccc2ccncc2c1.CC(C)(C)c1ccc2ccoc2c1.CC(C)(C)c1ccc2cnccc2c1.CC(C)(C)c1ccc2ncccc2c1.CC(C)(C)c1ccc2occc2c1. The molecule has 6 aromatic heterocycles. The van der Waals surface area contributed by atoms with Crippen molar-refractivity contribution in [1.29, 1.82) is 0 Å². The van der Waals surface area contributed by atoms with Crippen LogP contribution in [-0.2, 0) is 56.2 Å². The van der Waals surface area contributed by atoms with Crippen LogP contribution in [0.15, 0.2) is 253 Å². The summed E-state index contributed by atoms with van der Waals surface area (Å²) in [7, 11) is 0. The minimum absolute atomic E-state index is 0.195. The third-order valence-electron chi connectivity index (χ3n) is 19.7. The molecule has 2 aliphatic heterocycles. The first-order valence-corrected chi connectivity index (χ1v) is 38.4. The molecule has 0 unspecified atom stereocenters. The number of fused-ring (bicyclic) bond motifs is 8. The van der Waals surface area contributed by atoms with E-state index in [0.717, 1.165) is 59.8 Å². The normalized spacial score (nSPS) is 12.8. The zero-order valence-electron chi connectivity index (χ0n) is 69.3. The highest BCUT2D eigenvalue weighted by atomic mass is 16.5. The summed E-state index contributed by atoms with van der Waals surface area (Å²) >= 11 is 0. The van der Waals surface area contributed by atoms with Crippen LogP contribution in [0, 0.1) is 0 Å². The Morgan fingerprint density at radius 1 is 0.250 bits per heavy atom. The van der Waals surface area contributed by atoms with Crippen molar-refractivity contribution in [3.63, 3.8) is 0 Å². The second kappa shape index (κ2) is 34.1. The van der Waals surface area contributed by atoms with Gasteiger partial charge >= 0.3 is 0 Å². The summed E-state index contributed by atoms with van der Waals surface area (Å²) in [6.45, 7) is 55.1. The van der Waals surface area contributed by atoms with Gasteiger partial charge in [0, 0.05) is 82.3 Å². The molecule has 8 heteroatoms. The van der Waals surface area contributed by atoms with Crippen molar-refractivity contribution in [2.24, 2.45) is 0 Å². The fourth-order valence-electron chi connectivity index (χ4n) is 12.3. The molecule has 564 valence electrons. The van der Waals surface area contributed by atoms with Crippen LogP contribution in [0.4, 0.5) is 0 Å². The molecule has 0 bridgehead atoms. The molecule has 8 nitrogen and oxygen atoms in total.